The minimum atomic E-state index is -1.07. The van der Waals surface area contributed by atoms with Gasteiger partial charge in [0, 0.05) is 12.5 Å². The molecule has 30 heavy (non-hydrogen) atoms. The van der Waals surface area contributed by atoms with Crippen molar-refractivity contribution in [2.24, 2.45) is 5.73 Å². The van der Waals surface area contributed by atoms with Crippen molar-refractivity contribution < 1.29 is 18.4 Å². The number of fused-ring (bicyclic) bond motifs is 2. The van der Waals surface area contributed by atoms with E-state index < -0.39 is 29.5 Å². The van der Waals surface area contributed by atoms with Crippen LogP contribution in [0.25, 0.3) is 21.5 Å². The van der Waals surface area contributed by atoms with Crippen molar-refractivity contribution >= 4 is 33.4 Å². The summed E-state index contributed by atoms with van der Waals surface area (Å²) in [6.45, 7) is 0. The SMILES string of the molecule is NC(=O)[C@@H](Cc1c2ccccc2cc2ccccc12)NC(=O)c1ccc(F)cc1F. The Morgan fingerprint density at radius 2 is 1.47 bits per heavy atom. The van der Waals surface area contributed by atoms with Gasteiger partial charge < -0.3 is 11.1 Å². The second kappa shape index (κ2) is 7.91. The first-order valence-electron chi connectivity index (χ1n) is 9.38. The first-order valence-corrected chi connectivity index (χ1v) is 9.38. The molecule has 0 aliphatic heterocycles. The first-order chi connectivity index (χ1) is 14.4. The Morgan fingerprint density at radius 1 is 0.867 bits per heavy atom. The number of carbonyl (C=O) groups is 2. The standard InChI is InChI=1S/C24H18F2N2O2/c25-16-9-10-19(21(26)12-16)24(30)28-22(23(27)29)13-20-17-7-3-1-5-14(17)11-15-6-2-4-8-18(15)20/h1-12,22H,13H2,(H2,27,29)(H,28,30)/t22-/m1/s1. The molecule has 0 unspecified atom stereocenters. The number of amides is 2. The first kappa shape index (κ1) is 19.5. The molecule has 1 atom stereocenters. The average molecular weight is 404 g/mol. The van der Waals surface area contributed by atoms with Gasteiger partial charge in [0.1, 0.15) is 17.7 Å². The molecule has 0 saturated heterocycles. The van der Waals surface area contributed by atoms with E-state index in [9.17, 15) is 18.4 Å². The zero-order chi connectivity index (χ0) is 21.3. The summed E-state index contributed by atoms with van der Waals surface area (Å²) < 4.78 is 27.1. The maximum Gasteiger partial charge on any atom is 0.254 e. The Kier molecular flexibility index (Phi) is 5.14. The zero-order valence-electron chi connectivity index (χ0n) is 15.9. The molecule has 0 heterocycles. The molecule has 4 rings (SSSR count). The molecule has 0 aliphatic rings. The number of nitrogens with two attached hydrogens (primary N) is 1. The highest BCUT2D eigenvalue weighted by Crippen LogP contribution is 2.29. The number of carbonyl (C=O) groups excluding carboxylic acids is 2. The van der Waals surface area contributed by atoms with Gasteiger partial charge in [-0.1, -0.05) is 48.5 Å². The largest absolute Gasteiger partial charge is 0.368 e. The smallest absolute Gasteiger partial charge is 0.254 e. The summed E-state index contributed by atoms with van der Waals surface area (Å²) in [5.74, 6) is -3.38. The summed E-state index contributed by atoms with van der Waals surface area (Å²) in [7, 11) is 0. The van der Waals surface area contributed by atoms with Gasteiger partial charge in [0.15, 0.2) is 0 Å². The topological polar surface area (TPSA) is 72.2 Å². The minimum Gasteiger partial charge on any atom is -0.368 e. The molecule has 4 aromatic carbocycles. The van der Waals surface area contributed by atoms with E-state index >= 15 is 0 Å². The summed E-state index contributed by atoms with van der Waals surface area (Å²) in [5.41, 5.74) is 6.05. The molecule has 0 fully saturated rings. The van der Waals surface area contributed by atoms with Crippen molar-refractivity contribution in [3.8, 4) is 0 Å². The molecule has 2 amide bonds. The Balaban J connectivity index is 1.74. The Bertz CT molecular complexity index is 1230. The Hall–Kier alpha value is -3.80. The van der Waals surface area contributed by atoms with E-state index in [4.69, 9.17) is 5.73 Å². The van der Waals surface area contributed by atoms with E-state index in [2.05, 4.69) is 11.4 Å². The van der Waals surface area contributed by atoms with Gasteiger partial charge in [-0.25, -0.2) is 8.78 Å². The van der Waals surface area contributed by atoms with Gasteiger partial charge in [0.25, 0.3) is 5.91 Å². The van der Waals surface area contributed by atoms with Crippen LogP contribution in [0.3, 0.4) is 0 Å². The van der Waals surface area contributed by atoms with Crippen LogP contribution in [-0.2, 0) is 11.2 Å². The van der Waals surface area contributed by atoms with Crippen LogP contribution < -0.4 is 11.1 Å². The quantitative estimate of drug-likeness (QED) is 0.492. The van der Waals surface area contributed by atoms with Crippen LogP contribution in [-0.4, -0.2) is 17.9 Å². The number of hydrogen-bond acceptors (Lipinski definition) is 2. The molecule has 0 aliphatic carbocycles. The van der Waals surface area contributed by atoms with Crippen LogP contribution in [0.1, 0.15) is 15.9 Å². The van der Waals surface area contributed by atoms with Crippen LogP contribution >= 0.6 is 0 Å². The monoisotopic (exact) mass is 404 g/mol. The fraction of sp³-hybridized carbons (Fsp3) is 0.0833. The van der Waals surface area contributed by atoms with Crippen molar-refractivity contribution in [1.82, 2.24) is 5.32 Å². The van der Waals surface area contributed by atoms with Crippen LogP contribution in [0.4, 0.5) is 8.78 Å². The lowest BCUT2D eigenvalue weighted by Gasteiger charge is -2.19. The van der Waals surface area contributed by atoms with Gasteiger partial charge >= 0.3 is 0 Å². The molecule has 3 N–H and O–H groups in total. The maximum atomic E-state index is 14.0. The highest BCUT2D eigenvalue weighted by molar-refractivity contribution is 6.03. The van der Waals surface area contributed by atoms with E-state index in [-0.39, 0.29) is 12.0 Å². The number of benzene rings is 4. The predicted molar refractivity (Wildman–Crippen MR) is 112 cm³/mol. The summed E-state index contributed by atoms with van der Waals surface area (Å²) in [6.07, 6.45) is 0.131. The molecule has 0 spiro atoms. The summed E-state index contributed by atoms with van der Waals surface area (Å²) in [6, 6.07) is 19.1. The van der Waals surface area contributed by atoms with Crippen LogP contribution in [0.15, 0.2) is 72.8 Å². The van der Waals surface area contributed by atoms with Crippen molar-refractivity contribution in [1.29, 1.82) is 0 Å². The lowest BCUT2D eigenvalue weighted by Crippen LogP contribution is -2.46. The molecule has 0 bridgehead atoms. The van der Waals surface area contributed by atoms with E-state index in [0.717, 1.165) is 39.2 Å². The van der Waals surface area contributed by atoms with E-state index in [1.165, 1.54) is 0 Å². The maximum absolute atomic E-state index is 14.0. The molecule has 0 saturated carbocycles. The van der Waals surface area contributed by atoms with Gasteiger partial charge in [-0.05, 0) is 45.3 Å². The second-order valence-corrected chi connectivity index (χ2v) is 7.05. The summed E-state index contributed by atoms with van der Waals surface area (Å²) in [4.78, 5) is 24.7. The van der Waals surface area contributed by atoms with Gasteiger partial charge in [-0.15, -0.1) is 0 Å². The van der Waals surface area contributed by atoms with Gasteiger partial charge in [-0.3, -0.25) is 9.59 Å². The highest BCUT2D eigenvalue weighted by atomic mass is 19.1. The lowest BCUT2D eigenvalue weighted by atomic mass is 9.92. The average Bonchev–Trinajstić information content (AvgIpc) is 2.72. The number of primary amides is 1. The molecule has 4 aromatic rings. The predicted octanol–water partition coefficient (Wildman–Crippen LogP) is 4.10. The van der Waals surface area contributed by atoms with Crippen LogP contribution in [0, 0.1) is 11.6 Å². The molecule has 6 heteroatoms. The third kappa shape index (κ3) is 3.72. The lowest BCUT2D eigenvalue weighted by molar-refractivity contribution is -0.119. The minimum absolute atomic E-state index is 0.131. The molecule has 150 valence electrons. The van der Waals surface area contributed by atoms with Gasteiger partial charge in [0.05, 0.1) is 5.56 Å². The zero-order valence-corrected chi connectivity index (χ0v) is 15.9. The van der Waals surface area contributed by atoms with E-state index in [1.807, 2.05) is 48.5 Å². The molecule has 4 nitrogen and oxygen atoms in total. The molecular formula is C24H18F2N2O2. The number of halogens is 2. The summed E-state index contributed by atoms with van der Waals surface area (Å²) in [5, 5.41) is 6.35. The van der Waals surface area contributed by atoms with Crippen LogP contribution in [0.2, 0.25) is 0 Å². The Labute approximate surface area is 171 Å². The third-order valence-corrected chi connectivity index (χ3v) is 5.12. The normalized spacial score (nSPS) is 12.1. The third-order valence-electron chi connectivity index (χ3n) is 5.12. The second-order valence-electron chi connectivity index (χ2n) is 7.05. The van der Waals surface area contributed by atoms with Crippen LogP contribution in [0.5, 0.6) is 0 Å². The van der Waals surface area contributed by atoms with E-state index in [1.54, 1.807) is 0 Å². The number of nitrogens with one attached hydrogen (secondary N) is 1. The fourth-order valence-electron chi connectivity index (χ4n) is 3.66. The van der Waals surface area contributed by atoms with Crippen molar-refractivity contribution in [3.63, 3.8) is 0 Å². The van der Waals surface area contributed by atoms with Crippen molar-refractivity contribution in [3.05, 3.63) is 95.6 Å². The van der Waals surface area contributed by atoms with Crippen molar-refractivity contribution in [2.45, 2.75) is 12.5 Å². The Morgan fingerprint density at radius 3 is 2.03 bits per heavy atom. The highest BCUT2D eigenvalue weighted by Gasteiger charge is 2.23. The summed E-state index contributed by atoms with van der Waals surface area (Å²) >= 11 is 0. The number of rotatable bonds is 5. The number of hydrogen-bond donors (Lipinski definition) is 2. The fourth-order valence-corrected chi connectivity index (χ4v) is 3.66. The van der Waals surface area contributed by atoms with Gasteiger partial charge in [0.2, 0.25) is 5.91 Å². The molecular weight excluding hydrogens is 386 g/mol. The molecule has 0 aromatic heterocycles. The van der Waals surface area contributed by atoms with Crippen molar-refractivity contribution in [2.75, 3.05) is 0 Å². The van der Waals surface area contributed by atoms with E-state index in [0.29, 0.717) is 6.07 Å². The van der Waals surface area contributed by atoms with Gasteiger partial charge in [-0.2, -0.15) is 0 Å². The molecule has 0 radical (unpaired) electrons.